The van der Waals surface area contributed by atoms with E-state index in [9.17, 15) is 4.79 Å². The van der Waals surface area contributed by atoms with Crippen LogP contribution in [0.25, 0.3) is 0 Å². The van der Waals surface area contributed by atoms with Gasteiger partial charge in [0, 0.05) is 60.7 Å². The molecule has 172 valence electrons. The molecule has 0 atom stereocenters. The van der Waals surface area contributed by atoms with Gasteiger partial charge in [-0.3, -0.25) is 4.79 Å². The number of carbonyl (C=O) groups is 1. The second-order valence-electron chi connectivity index (χ2n) is 8.67. The average molecular weight is 474 g/mol. The second-order valence-corrected chi connectivity index (χ2v) is 9.75. The number of rotatable bonds is 5. The van der Waals surface area contributed by atoms with Crippen molar-refractivity contribution in [3.8, 4) is 0 Å². The SMILES string of the molecule is Cl.NCCN1CCC(Nc2cc(C(=O)N3CCCC3)cc3c2Nc2ccccc2S3)CC1. The number of para-hydroxylation sites is 1. The molecule has 2 saturated heterocycles. The maximum Gasteiger partial charge on any atom is 0.253 e. The van der Waals surface area contributed by atoms with Crippen molar-refractivity contribution >= 4 is 47.1 Å². The van der Waals surface area contributed by atoms with Crippen LogP contribution < -0.4 is 16.4 Å². The number of fused-ring (bicyclic) bond motifs is 2. The summed E-state index contributed by atoms with van der Waals surface area (Å²) in [5, 5.41) is 7.41. The minimum atomic E-state index is 0. The molecule has 2 fully saturated rings. The van der Waals surface area contributed by atoms with E-state index in [1.54, 1.807) is 11.8 Å². The summed E-state index contributed by atoms with van der Waals surface area (Å²) in [5.41, 5.74) is 9.77. The number of hydrogen-bond acceptors (Lipinski definition) is 6. The number of anilines is 3. The van der Waals surface area contributed by atoms with E-state index >= 15 is 0 Å². The molecule has 32 heavy (non-hydrogen) atoms. The van der Waals surface area contributed by atoms with Crippen LogP contribution in [0.15, 0.2) is 46.2 Å². The highest BCUT2D eigenvalue weighted by Crippen LogP contribution is 2.48. The van der Waals surface area contributed by atoms with E-state index < -0.39 is 0 Å². The summed E-state index contributed by atoms with van der Waals surface area (Å²) < 4.78 is 0. The topological polar surface area (TPSA) is 73.6 Å². The Labute approximate surface area is 200 Å². The van der Waals surface area contributed by atoms with E-state index in [0.717, 1.165) is 85.9 Å². The zero-order valence-electron chi connectivity index (χ0n) is 18.3. The van der Waals surface area contributed by atoms with Crippen LogP contribution in [0.4, 0.5) is 17.1 Å². The van der Waals surface area contributed by atoms with Gasteiger partial charge in [0.1, 0.15) is 0 Å². The van der Waals surface area contributed by atoms with Crippen molar-refractivity contribution in [2.24, 2.45) is 5.73 Å². The highest BCUT2D eigenvalue weighted by atomic mass is 35.5. The fourth-order valence-electron chi connectivity index (χ4n) is 4.78. The van der Waals surface area contributed by atoms with Crippen LogP contribution in [0.5, 0.6) is 0 Å². The molecule has 0 radical (unpaired) electrons. The fraction of sp³-hybridized carbons (Fsp3) is 0.458. The molecule has 8 heteroatoms. The lowest BCUT2D eigenvalue weighted by molar-refractivity contribution is 0.0792. The number of amides is 1. The number of benzene rings is 2. The number of nitrogens with two attached hydrogens (primary N) is 1. The second kappa shape index (κ2) is 10.3. The third-order valence-corrected chi connectivity index (χ3v) is 7.62. The number of likely N-dealkylation sites (tertiary alicyclic amines) is 2. The normalized spacial score (nSPS) is 18.3. The number of nitrogens with zero attached hydrogens (tertiary/aromatic N) is 2. The van der Waals surface area contributed by atoms with E-state index in [0.29, 0.717) is 12.6 Å². The van der Waals surface area contributed by atoms with Gasteiger partial charge in [-0.15, -0.1) is 12.4 Å². The van der Waals surface area contributed by atoms with Gasteiger partial charge in [0.05, 0.1) is 17.1 Å². The Hall–Kier alpha value is -1.93. The molecule has 3 heterocycles. The highest BCUT2D eigenvalue weighted by molar-refractivity contribution is 7.99. The van der Waals surface area contributed by atoms with E-state index in [1.165, 1.54) is 4.90 Å². The van der Waals surface area contributed by atoms with Crippen molar-refractivity contribution in [1.29, 1.82) is 0 Å². The number of hydrogen-bond donors (Lipinski definition) is 3. The van der Waals surface area contributed by atoms with Crippen molar-refractivity contribution in [1.82, 2.24) is 9.80 Å². The fourth-order valence-corrected chi connectivity index (χ4v) is 5.84. The van der Waals surface area contributed by atoms with Crippen LogP contribution in [-0.2, 0) is 0 Å². The van der Waals surface area contributed by atoms with Crippen molar-refractivity contribution in [3.63, 3.8) is 0 Å². The maximum atomic E-state index is 13.2. The van der Waals surface area contributed by atoms with E-state index in [2.05, 4.69) is 51.9 Å². The summed E-state index contributed by atoms with van der Waals surface area (Å²) in [7, 11) is 0. The molecule has 3 aliphatic rings. The smallest absolute Gasteiger partial charge is 0.253 e. The molecule has 0 aliphatic carbocycles. The third kappa shape index (κ3) is 4.86. The van der Waals surface area contributed by atoms with Crippen LogP contribution in [0.2, 0.25) is 0 Å². The van der Waals surface area contributed by atoms with Crippen molar-refractivity contribution in [2.45, 2.75) is 41.5 Å². The summed E-state index contributed by atoms with van der Waals surface area (Å²) in [4.78, 5) is 19.9. The van der Waals surface area contributed by atoms with Crippen molar-refractivity contribution in [2.75, 3.05) is 49.9 Å². The van der Waals surface area contributed by atoms with Crippen LogP contribution in [-0.4, -0.2) is 61.0 Å². The molecule has 0 bridgehead atoms. The molecular weight excluding hydrogens is 442 g/mol. The van der Waals surface area contributed by atoms with Crippen LogP contribution >= 0.6 is 24.2 Å². The zero-order chi connectivity index (χ0) is 21.2. The predicted molar refractivity (Wildman–Crippen MR) is 135 cm³/mol. The van der Waals surface area contributed by atoms with Gasteiger partial charge >= 0.3 is 0 Å². The molecule has 0 spiro atoms. The van der Waals surface area contributed by atoms with Gasteiger partial charge in [-0.05, 0) is 49.9 Å². The first kappa shape index (κ1) is 23.2. The van der Waals surface area contributed by atoms with E-state index in [-0.39, 0.29) is 18.3 Å². The third-order valence-electron chi connectivity index (χ3n) is 6.50. The predicted octanol–water partition coefficient (Wildman–Crippen LogP) is 4.39. The summed E-state index contributed by atoms with van der Waals surface area (Å²) in [6.45, 7) is 5.55. The first-order chi connectivity index (χ1) is 15.2. The number of nitrogens with one attached hydrogen (secondary N) is 2. The first-order valence-corrected chi connectivity index (χ1v) is 12.2. The molecule has 1 amide bonds. The molecule has 5 rings (SSSR count). The lowest BCUT2D eigenvalue weighted by Gasteiger charge is -2.34. The molecule has 0 saturated carbocycles. The van der Waals surface area contributed by atoms with Gasteiger partial charge in [0.15, 0.2) is 0 Å². The van der Waals surface area contributed by atoms with Crippen molar-refractivity contribution < 1.29 is 4.79 Å². The molecule has 2 aromatic carbocycles. The Balaban J connectivity index is 0.00000245. The van der Waals surface area contributed by atoms with Gasteiger partial charge < -0.3 is 26.2 Å². The Morgan fingerprint density at radius 2 is 1.84 bits per heavy atom. The van der Waals surface area contributed by atoms with Gasteiger partial charge in [0.2, 0.25) is 0 Å². The molecule has 4 N–H and O–H groups in total. The summed E-state index contributed by atoms with van der Waals surface area (Å²) >= 11 is 1.74. The molecule has 3 aliphatic heterocycles. The number of halogens is 1. The van der Waals surface area contributed by atoms with Crippen LogP contribution in [0.3, 0.4) is 0 Å². The number of carbonyl (C=O) groups excluding carboxylic acids is 1. The Bertz CT molecular complexity index is 957. The quantitative estimate of drug-likeness (QED) is 0.510. The van der Waals surface area contributed by atoms with Gasteiger partial charge in [-0.25, -0.2) is 0 Å². The largest absolute Gasteiger partial charge is 0.380 e. The first-order valence-electron chi connectivity index (χ1n) is 11.4. The Kier molecular flexibility index (Phi) is 7.51. The molecule has 2 aromatic rings. The summed E-state index contributed by atoms with van der Waals surface area (Å²) in [5.74, 6) is 0.153. The van der Waals surface area contributed by atoms with Crippen molar-refractivity contribution in [3.05, 3.63) is 42.0 Å². The van der Waals surface area contributed by atoms with Gasteiger partial charge in [-0.2, -0.15) is 0 Å². The summed E-state index contributed by atoms with van der Waals surface area (Å²) in [6.07, 6.45) is 4.38. The van der Waals surface area contributed by atoms with Gasteiger partial charge in [0.25, 0.3) is 5.91 Å². The molecular formula is C24H32ClN5OS. The lowest BCUT2D eigenvalue weighted by atomic mass is 10.0. The minimum absolute atomic E-state index is 0. The maximum absolute atomic E-state index is 13.2. The Morgan fingerprint density at radius 3 is 2.59 bits per heavy atom. The number of piperidine rings is 1. The van der Waals surface area contributed by atoms with E-state index in [1.807, 2.05) is 4.90 Å². The highest BCUT2D eigenvalue weighted by Gasteiger charge is 2.26. The standard InChI is InChI=1S/C24H31N5OS.ClH/c25-9-14-28-12-7-18(8-13-28)26-20-15-17(24(30)29-10-3-4-11-29)16-22-23(20)27-19-5-1-2-6-21(19)31-22;/h1-2,5-6,15-16,18,26-27H,3-4,7-14,25H2;1H. The zero-order valence-corrected chi connectivity index (χ0v) is 19.9. The molecule has 0 aromatic heterocycles. The van der Waals surface area contributed by atoms with E-state index in [4.69, 9.17) is 5.73 Å². The average Bonchev–Trinajstić information content (AvgIpc) is 3.34. The lowest BCUT2D eigenvalue weighted by Crippen LogP contribution is -2.41. The monoisotopic (exact) mass is 473 g/mol. The minimum Gasteiger partial charge on any atom is -0.380 e. The molecule has 6 nitrogen and oxygen atoms in total. The van der Waals surface area contributed by atoms with Crippen LogP contribution in [0, 0.1) is 0 Å². The van der Waals surface area contributed by atoms with Crippen LogP contribution in [0.1, 0.15) is 36.0 Å². The van der Waals surface area contributed by atoms with Gasteiger partial charge in [-0.1, -0.05) is 23.9 Å². The molecule has 0 unspecified atom stereocenters. The Morgan fingerprint density at radius 1 is 1.09 bits per heavy atom. The summed E-state index contributed by atoms with van der Waals surface area (Å²) in [6, 6.07) is 12.9.